The molecule has 0 aromatic heterocycles. The van der Waals surface area contributed by atoms with Crippen molar-refractivity contribution in [1.29, 1.82) is 0 Å². The van der Waals surface area contributed by atoms with Crippen LogP contribution in [-0.4, -0.2) is 50.7 Å². The fourth-order valence-electron chi connectivity index (χ4n) is 1.84. The molecule has 0 unspecified atom stereocenters. The SMILES string of the molecule is O=S(=O)(Nc1ccc(C#CCCO)cc1)N1CCOCC1. The van der Waals surface area contributed by atoms with Gasteiger partial charge in [0.15, 0.2) is 0 Å². The second kappa shape index (κ2) is 7.43. The molecule has 2 N–H and O–H groups in total. The molecule has 1 saturated heterocycles. The molecule has 1 aliphatic heterocycles. The van der Waals surface area contributed by atoms with E-state index in [4.69, 9.17) is 9.84 Å². The van der Waals surface area contributed by atoms with E-state index < -0.39 is 10.2 Å². The highest BCUT2D eigenvalue weighted by Crippen LogP contribution is 2.13. The molecule has 1 fully saturated rings. The summed E-state index contributed by atoms with van der Waals surface area (Å²) in [7, 11) is -3.54. The Kier molecular flexibility index (Phi) is 5.59. The fraction of sp³-hybridized carbons (Fsp3) is 0.429. The number of aliphatic hydroxyl groups is 1. The number of anilines is 1. The van der Waals surface area contributed by atoms with Crippen LogP contribution in [0.5, 0.6) is 0 Å². The van der Waals surface area contributed by atoms with Gasteiger partial charge in [0.05, 0.1) is 19.8 Å². The highest BCUT2D eigenvalue weighted by atomic mass is 32.2. The molecule has 0 spiro atoms. The summed E-state index contributed by atoms with van der Waals surface area (Å²) < 4.78 is 33.4. The molecule has 7 heteroatoms. The maximum Gasteiger partial charge on any atom is 0.301 e. The van der Waals surface area contributed by atoms with Crippen molar-refractivity contribution in [3.8, 4) is 11.8 Å². The fourth-order valence-corrected chi connectivity index (χ4v) is 3.04. The summed E-state index contributed by atoms with van der Waals surface area (Å²) in [6.07, 6.45) is 0.422. The lowest BCUT2D eigenvalue weighted by Crippen LogP contribution is -2.43. The molecule has 21 heavy (non-hydrogen) atoms. The van der Waals surface area contributed by atoms with E-state index in [0.29, 0.717) is 38.4 Å². The highest BCUT2D eigenvalue weighted by molar-refractivity contribution is 7.90. The molecule has 114 valence electrons. The molecule has 0 aliphatic carbocycles. The predicted molar refractivity (Wildman–Crippen MR) is 80.0 cm³/mol. The van der Waals surface area contributed by atoms with Crippen LogP contribution in [0.25, 0.3) is 0 Å². The van der Waals surface area contributed by atoms with Gasteiger partial charge in [-0.25, -0.2) is 0 Å². The van der Waals surface area contributed by atoms with Crippen molar-refractivity contribution in [1.82, 2.24) is 4.31 Å². The smallest absolute Gasteiger partial charge is 0.301 e. The average molecular weight is 310 g/mol. The van der Waals surface area contributed by atoms with Crippen molar-refractivity contribution in [2.45, 2.75) is 6.42 Å². The lowest BCUT2D eigenvalue weighted by atomic mass is 10.2. The zero-order chi connectivity index (χ0) is 15.1. The van der Waals surface area contributed by atoms with Gasteiger partial charge < -0.3 is 9.84 Å². The summed E-state index contributed by atoms with van der Waals surface area (Å²) in [5, 5.41) is 8.65. The van der Waals surface area contributed by atoms with E-state index in [0.717, 1.165) is 5.56 Å². The number of nitrogens with zero attached hydrogens (tertiary/aromatic N) is 1. The molecule has 1 heterocycles. The van der Waals surface area contributed by atoms with Crippen LogP contribution in [0.1, 0.15) is 12.0 Å². The summed E-state index contributed by atoms with van der Waals surface area (Å²) in [6.45, 7) is 1.59. The quantitative estimate of drug-likeness (QED) is 0.790. The number of hydrogen-bond donors (Lipinski definition) is 2. The van der Waals surface area contributed by atoms with Gasteiger partial charge in [-0.2, -0.15) is 12.7 Å². The first kappa shape index (κ1) is 15.8. The van der Waals surface area contributed by atoms with Gasteiger partial charge in [0.2, 0.25) is 0 Å². The minimum Gasteiger partial charge on any atom is -0.395 e. The van der Waals surface area contributed by atoms with Crippen molar-refractivity contribution >= 4 is 15.9 Å². The normalized spacial score (nSPS) is 16.0. The van der Waals surface area contributed by atoms with Gasteiger partial charge in [0, 0.05) is 30.8 Å². The monoisotopic (exact) mass is 310 g/mol. The predicted octanol–water partition coefficient (Wildman–Crippen LogP) is 0.409. The molecular weight excluding hydrogens is 292 g/mol. The maximum atomic E-state index is 12.2. The summed E-state index contributed by atoms with van der Waals surface area (Å²) in [5.41, 5.74) is 1.27. The summed E-state index contributed by atoms with van der Waals surface area (Å²) in [6, 6.07) is 6.81. The van der Waals surface area contributed by atoms with Gasteiger partial charge in [-0.05, 0) is 24.3 Å². The van der Waals surface area contributed by atoms with Gasteiger partial charge >= 0.3 is 10.2 Å². The van der Waals surface area contributed by atoms with Crippen molar-refractivity contribution in [2.24, 2.45) is 0 Å². The first-order valence-corrected chi connectivity index (χ1v) is 8.11. The van der Waals surface area contributed by atoms with Crippen LogP contribution in [0.2, 0.25) is 0 Å². The maximum absolute atomic E-state index is 12.2. The zero-order valence-corrected chi connectivity index (χ0v) is 12.4. The molecule has 6 nitrogen and oxygen atoms in total. The lowest BCUT2D eigenvalue weighted by Gasteiger charge is -2.26. The Morgan fingerprint density at radius 2 is 1.90 bits per heavy atom. The van der Waals surface area contributed by atoms with Crippen LogP contribution in [0, 0.1) is 11.8 Å². The van der Waals surface area contributed by atoms with Crippen LogP contribution < -0.4 is 4.72 Å². The number of benzene rings is 1. The second-order valence-electron chi connectivity index (χ2n) is 4.47. The van der Waals surface area contributed by atoms with E-state index >= 15 is 0 Å². The Bertz CT molecular complexity index is 611. The van der Waals surface area contributed by atoms with E-state index in [-0.39, 0.29) is 6.61 Å². The van der Waals surface area contributed by atoms with Crippen LogP contribution in [-0.2, 0) is 14.9 Å². The van der Waals surface area contributed by atoms with Crippen molar-refractivity contribution < 1.29 is 18.3 Å². The highest BCUT2D eigenvalue weighted by Gasteiger charge is 2.23. The molecule has 0 bridgehead atoms. The topological polar surface area (TPSA) is 78.9 Å². The standard InChI is InChI=1S/C14H18N2O4S/c17-10-2-1-3-13-4-6-14(7-5-13)15-21(18,19)16-8-11-20-12-9-16/h4-7,15,17H,2,8-12H2. The molecule has 0 amide bonds. The van der Waals surface area contributed by atoms with E-state index in [1.807, 2.05) is 0 Å². The Morgan fingerprint density at radius 1 is 1.24 bits per heavy atom. The Balaban J connectivity index is 2.01. The van der Waals surface area contributed by atoms with Crippen molar-refractivity contribution in [3.05, 3.63) is 29.8 Å². The van der Waals surface area contributed by atoms with Gasteiger partial charge in [-0.3, -0.25) is 4.72 Å². The average Bonchev–Trinajstić information content (AvgIpc) is 2.50. The first-order chi connectivity index (χ1) is 10.1. The van der Waals surface area contributed by atoms with Gasteiger partial charge in [0.1, 0.15) is 0 Å². The number of rotatable bonds is 4. The van der Waals surface area contributed by atoms with E-state index in [1.165, 1.54) is 4.31 Å². The number of nitrogens with one attached hydrogen (secondary N) is 1. The number of ether oxygens (including phenoxy) is 1. The molecule has 1 aliphatic rings. The third kappa shape index (κ3) is 4.72. The molecular formula is C14H18N2O4S. The Hall–Kier alpha value is -1.59. The molecule has 2 rings (SSSR count). The number of aliphatic hydroxyl groups excluding tert-OH is 1. The van der Waals surface area contributed by atoms with Gasteiger partial charge in [-0.15, -0.1) is 0 Å². The zero-order valence-electron chi connectivity index (χ0n) is 11.6. The Morgan fingerprint density at radius 3 is 2.52 bits per heavy atom. The molecule has 1 aromatic rings. The van der Waals surface area contributed by atoms with E-state index in [2.05, 4.69) is 16.6 Å². The summed E-state index contributed by atoms with van der Waals surface area (Å²) in [5.74, 6) is 5.69. The third-order valence-electron chi connectivity index (χ3n) is 2.91. The third-order valence-corrected chi connectivity index (χ3v) is 4.45. The number of hydrogen-bond acceptors (Lipinski definition) is 4. The minimum atomic E-state index is -3.54. The Labute approximate surface area is 124 Å². The summed E-state index contributed by atoms with van der Waals surface area (Å²) in [4.78, 5) is 0. The molecule has 0 atom stereocenters. The lowest BCUT2D eigenvalue weighted by molar-refractivity contribution is 0.0733. The van der Waals surface area contributed by atoms with Gasteiger partial charge in [0.25, 0.3) is 0 Å². The number of morpholine rings is 1. The molecule has 0 radical (unpaired) electrons. The van der Waals surface area contributed by atoms with Crippen molar-refractivity contribution in [2.75, 3.05) is 37.6 Å². The molecule has 0 saturated carbocycles. The van der Waals surface area contributed by atoms with Crippen LogP contribution >= 0.6 is 0 Å². The largest absolute Gasteiger partial charge is 0.395 e. The first-order valence-electron chi connectivity index (χ1n) is 6.67. The van der Waals surface area contributed by atoms with Crippen LogP contribution in [0.15, 0.2) is 24.3 Å². The molecule has 1 aromatic carbocycles. The minimum absolute atomic E-state index is 0.0322. The van der Waals surface area contributed by atoms with E-state index in [1.54, 1.807) is 24.3 Å². The summed E-state index contributed by atoms with van der Waals surface area (Å²) >= 11 is 0. The second-order valence-corrected chi connectivity index (χ2v) is 6.14. The van der Waals surface area contributed by atoms with Crippen LogP contribution in [0.4, 0.5) is 5.69 Å². The van der Waals surface area contributed by atoms with E-state index in [9.17, 15) is 8.42 Å². The van der Waals surface area contributed by atoms with Crippen LogP contribution in [0.3, 0.4) is 0 Å². The van der Waals surface area contributed by atoms with Gasteiger partial charge in [-0.1, -0.05) is 11.8 Å². The van der Waals surface area contributed by atoms with Crippen molar-refractivity contribution in [3.63, 3.8) is 0 Å².